The number of aromatic nitrogens is 2. The van der Waals surface area contributed by atoms with E-state index in [9.17, 15) is 4.79 Å². The van der Waals surface area contributed by atoms with Gasteiger partial charge in [-0.15, -0.1) is 0 Å². The van der Waals surface area contributed by atoms with Crippen LogP contribution in [-0.2, 0) is 4.74 Å². The molecule has 140 valence electrons. The molecule has 0 aliphatic carbocycles. The molecular weight excluding hydrogens is 362 g/mol. The molecule has 1 heterocycles. The van der Waals surface area contributed by atoms with Crippen molar-refractivity contribution < 1.29 is 9.53 Å². The molecule has 3 aromatic rings. The minimum atomic E-state index is -0.102. The van der Waals surface area contributed by atoms with E-state index in [4.69, 9.17) is 16.3 Å². The fourth-order valence-electron chi connectivity index (χ4n) is 2.77. The molecule has 0 saturated heterocycles. The zero-order valence-corrected chi connectivity index (χ0v) is 16.1. The molecule has 1 aromatic heterocycles. The Morgan fingerprint density at radius 3 is 2.44 bits per heavy atom. The van der Waals surface area contributed by atoms with Crippen molar-refractivity contribution in [2.24, 2.45) is 0 Å². The molecule has 0 aliphatic heterocycles. The Bertz CT molecular complexity index is 889. The van der Waals surface area contributed by atoms with Crippen LogP contribution in [0.25, 0.3) is 22.5 Å². The average Bonchev–Trinajstić information content (AvgIpc) is 3.18. The summed E-state index contributed by atoms with van der Waals surface area (Å²) in [7, 11) is 1.63. The fourth-order valence-corrected chi connectivity index (χ4v) is 2.90. The number of rotatable bonds is 7. The van der Waals surface area contributed by atoms with E-state index in [0.29, 0.717) is 17.2 Å². The molecule has 1 amide bonds. The quantitative estimate of drug-likeness (QED) is 0.628. The number of nitrogens with zero attached hydrogens (tertiary/aromatic N) is 1. The van der Waals surface area contributed by atoms with E-state index >= 15 is 0 Å². The fraction of sp³-hybridized carbons (Fsp3) is 0.238. The molecule has 6 heteroatoms. The van der Waals surface area contributed by atoms with Crippen LogP contribution in [0, 0.1) is 0 Å². The van der Waals surface area contributed by atoms with Crippen molar-refractivity contribution in [1.82, 2.24) is 15.5 Å². The highest BCUT2D eigenvalue weighted by Gasteiger charge is 2.13. The minimum absolute atomic E-state index is 0.00968. The molecule has 0 bridgehead atoms. The number of hydrogen-bond donors (Lipinski definition) is 2. The van der Waals surface area contributed by atoms with E-state index in [1.807, 2.05) is 49.4 Å². The van der Waals surface area contributed by atoms with E-state index in [1.165, 1.54) is 0 Å². The van der Waals surface area contributed by atoms with Crippen molar-refractivity contribution in [1.29, 1.82) is 0 Å². The summed E-state index contributed by atoms with van der Waals surface area (Å²) in [6.45, 7) is 2.52. The second kappa shape index (κ2) is 8.84. The zero-order chi connectivity index (χ0) is 19.2. The van der Waals surface area contributed by atoms with Gasteiger partial charge < -0.3 is 10.1 Å². The standard InChI is InChI=1S/C21H22ClN3O2/c1-3-18(13-27-2)23-21(26)16-6-4-14(5-7-16)19-12-20(25-24-19)15-8-10-17(22)11-9-15/h4-12,18H,3,13H2,1-2H3,(H,23,26)(H,24,25)/t18-/m0/s1. The Morgan fingerprint density at radius 2 is 1.81 bits per heavy atom. The zero-order valence-electron chi connectivity index (χ0n) is 15.3. The summed E-state index contributed by atoms with van der Waals surface area (Å²) in [4.78, 5) is 12.4. The first kappa shape index (κ1) is 19.1. The Labute approximate surface area is 163 Å². The monoisotopic (exact) mass is 383 g/mol. The van der Waals surface area contributed by atoms with Crippen LogP contribution in [-0.4, -0.2) is 35.9 Å². The van der Waals surface area contributed by atoms with Crippen molar-refractivity contribution in [3.63, 3.8) is 0 Å². The number of carbonyl (C=O) groups is 1. The lowest BCUT2D eigenvalue weighted by atomic mass is 10.1. The summed E-state index contributed by atoms with van der Waals surface area (Å²) in [5, 5.41) is 11.1. The maximum Gasteiger partial charge on any atom is 0.251 e. The van der Waals surface area contributed by atoms with Gasteiger partial charge in [0.1, 0.15) is 0 Å². The van der Waals surface area contributed by atoms with E-state index in [2.05, 4.69) is 15.5 Å². The van der Waals surface area contributed by atoms with Crippen LogP contribution in [0.15, 0.2) is 54.6 Å². The van der Waals surface area contributed by atoms with Gasteiger partial charge in [0.05, 0.1) is 24.0 Å². The maximum absolute atomic E-state index is 12.4. The third-order valence-corrected chi connectivity index (χ3v) is 4.62. The van der Waals surface area contributed by atoms with Gasteiger partial charge in [-0.1, -0.05) is 42.8 Å². The summed E-state index contributed by atoms with van der Waals surface area (Å²) in [5.41, 5.74) is 4.29. The number of nitrogens with one attached hydrogen (secondary N) is 2. The second-order valence-electron chi connectivity index (χ2n) is 6.29. The van der Waals surface area contributed by atoms with Crippen LogP contribution < -0.4 is 5.32 Å². The van der Waals surface area contributed by atoms with E-state index < -0.39 is 0 Å². The summed E-state index contributed by atoms with van der Waals surface area (Å²) in [5.74, 6) is -0.102. The highest BCUT2D eigenvalue weighted by Crippen LogP contribution is 2.25. The number of ether oxygens (including phenoxy) is 1. The lowest BCUT2D eigenvalue weighted by Crippen LogP contribution is -2.37. The molecule has 0 radical (unpaired) electrons. The lowest BCUT2D eigenvalue weighted by molar-refractivity contribution is 0.0894. The first-order valence-electron chi connectivity index (χ1n) is 8.82. The number of H-pyrrole nitrogens is 1. The number of methoxy groups -OCH3 is 1. The minimum Gasteiger partial charge on any atom is -0.383 e. The van der Waals surface area contributed by atoms with Crippen molar-refractivity contribution >= 4 is 17.5 Å². The van der Waals surface area contributed by atoms with Crippen LogP contribution in [0.4, 0.5) is 0 Å². The first-order chi connectivity index (χ1) is 13.1. The van der Waals surface area contributed by atoms with Gasteiger partial charge in [0.15, 0.2) is 0 Å². The van der Waals surface area contributed by atoms with Crippen LogP contribution in [0.2, 0.25) is 5.02 Å². The topological polar surface area (TPSA) is 67.0 Å². The Morgan fingerprint density at radius 1 is 1.15 bits per heavy atom. The van der Waals surface area contributed by atoms with Gasteiger partial charge in [-0.25, -0.2) is 0 Å². The van der Waals surface area contributed by atoms with Crippen molar-refractivity contribution in [3.05, 3.63) is 65.2 Å². The SMILES string of the molecule is CC[C@@H](COC)NC(=O)c1ccc(-c2cc(-c3ccc(Cl)cc3)[nH]n2)cc1. The molecule has 0 saturated carbocycles. The van der Waals surface area contributed by atoms with Gasteiger partial charge in [-0.3, -0.25) is 9.89 Å². The predicted molar refractivity (Wildman–Crippen MR) is 108 cm³/mol. The van der Waals surface area contributed by atoms with Crippen LogP contribution in [0.3, 0.4) is 0 Å². The maximum atomic E-state index is 12.4. The predicted octanol–water partition coefficient (Wildman–Crippen LogP) is 4.55. The highest BCUT2D eigenvalue weighted by atomic mass is 35.5. The molecule has 1 atom stereocenters. The molecule has 5 nitrogen and oxygen atoms in total. The first-order valence-corrected chi connectivity index (χ1v) is 9.20. The van der Waals surface area contributed by atoms with Crippen LogP contribution in [0.1, 0.15) is 23.7 Å². The number of hydrogen-bond acceptors (Lipinski definition) is 3. The van der Waals surface area contributed by atoms with E-state index in [1.54, 1.807) is 19.2 Å². The van der Waals surface area contributed by atoms with Gasteiger partial charge in [-0.2, -0.15) is 5.10 Å². The Balaban J connectivity index is 1.72. The Kier molecular flexibility index (Phi) is 6.27. The van der Waals surface area contributed by atoms with Crippen molar-refractivity contribution in [2.45, 2.75) is 19.4 Å². The largest absolute Gasteiger partial charge is 0.383 e. The number of benzene rings is 2. The van der Waals surface area contributed by atoms with Gasteiger partial charge >= 0.3 is 0 Å². The Hall–Kier alpha value is -2.63. The van der Waals surface area contributed by atoms with Crippen LogP contribution in [0.5, 0.6) is 0 Å². The molecule has 0 aliphatic rings. The van der Waals surface area contributed by atoms with E-state index in [0.717, 1.165) is 28.9 Å². The van der Waals surface area contributed by atoms with Gasteiger partial charge in [0, 0.05) is 23.3 Å². The highest BCUT2D eigenvalue weighted by molar-refractivity contribution is 6.30. The van der Waals surface area contributed by atoms with Gasteiger partial charge in [0.25, 0.3) is 5.91 Å². The molecule has 3 rings (SSSR count). The number of halogens is 1. The second-order valence-corrected chi connectivity index (χ2v) is 6.72. The number of amides is 1. The molecule has 0 spiro atoms. The van der Waals surface area contributed by atoms with Crippen LogP contribution >= 0.6 is 11.6 Å². The molecule has 2 N–H and O–H groups in total. The number of aromatic amines is 1. The van der Waals surface area contributed by atoms with Crippen molar-refractivity contribution in [3.8, 4) is 22.5 Å². The third-order valence-electron chi connectivity index (χ3n) is 4.37. The molecule has 2 aromatic carbocycles. The summed E-state index contributed by atoms with van der Waals surface area (Å²) in [6.07, 6.45) is 0.818. The summed E-state index contributed by atoms with van der Waals surface area (Å²) >= 11 is 5.93. The van der Waals surface area contributed by atoms with E-state index in [-0.39, 0.29) is 11.9 Å². The smallest absolute Gasteiger partial charge is 0.251 e. The summed E-state index contributed by atoms with van der Waals surface area (Å²) in [6, 6.07) is 17.0. The lowest BCUT2D eigenvalue weighted by Gasteiger charge is -2.15. The van der Waals surface area contributed by atoms with Gasteiger partial charge in [-0.05, 0) is 42.3 Å². The third kappa shape index (κ3) is 4.76. The van der Waals surface area contributed by atoms with Gasteiger partial charge in [0.2, 0.25) is 0 Å². The molecule has 0 fully saturated rings. The average molecular weight is 384 g/mol. The number of carbonyl (C=O) groups excluding carboxylic acids is 1. The molecule has 0 unspecified atom stereocenters. The summed E-state index contributed by atoms with van der Waals surface area (Å²) < 4.78 is 5.12. The normalized spacial score (nSPS) is 12.0. The molecular formula is C21H22ClN3O2. The molecule has 27 heavy (non-hydrogen) atoms. The van der Waals surface area contributed by atoms with Crippen molar-refractivity contribution in [2.75, 3.05) is 13.7 Å².